The second kappa shape index (κ2) is 8.09. The minimum Gasteiger partial charge on any atom is -0.0952 e. The lowest BCUT2D eigenvalue weighted by Gasteiger charge is -2.11. The summed E-state index contributed by atoms with van der Waals surface area (Å²) in [7, 11) is 0. The van der Waals surface area contributed by atoms with Gasteiger partial charge in [0, 0.05) is 0 Å². The maximum absolute atomic E-state index is 4.22. The molecule has 0 atom stereocenters. The molecule has 1 aromatic carbocycles. The van der Waals surface area contributed by atoms with Crippen LogP contribution in [0.1, 0.15) is 77.0 Å². The van der Waals surface area contributed by atoms with E-state index < -0.39 is 0 Å². The lowest BCUT2D eigenvalue weighted by Crippen LogP contribution is -1.93. The highest BCUT2D eigenvalue weighted by molar-refractivity contribution is 5.81. The predicted molar refractivity (Wildman–Crippen MR) is 92.9 cm³/mol. The molecule has 0 aliphatic heterocycles. The Balaban J connectivity index is 0.000000956. The van der Waals surface area contributed by atoms with Gasteiger partial charge in [-0.3, -0.25) is 0 Å². The van der Waals surface area contributed by atoms with E-state index in [1.54, 1.807) is 11.1 Å². The molecular weight excluding hydrogens is 240 g/mol. The van der Waals surface area contributed by atoms with Crippen LogP contribution in [0.25, 0.3) is 11.1 Å². The van der Waals surface area contributed by atoms with Crippen LogP contribution in [0, 0.1) is 0 Å². The molecule has 0 radical (unpaired) electrons. The highest BCUT2D eigenvalue weighted by Gasteiger charge is 2.22. The average molecular weight is 270 g/mol. The van der Waals surface area contributed by atoms with E-state index in [1.807, 2.05) is 13.8 Å². The Kier molecular flexibility index (Phi) is 6.78. The largest absolute Gasteiger partial charge is 0.0952 e. The first-order valence-corrected chi connectivity index (χ1v) is 8.24. The minimum absolute atomic E-state index is 1.04. The summed E-state index contributed by atoms with van der Waals surface area (Å²) in [6, 6.07) is 6.74. The van der Waals surface area contributed by atoms with E-state index >= 15 is 0 Å². The van der Waals surface area contributed by atoms with Crippen LogP contribution in [0.3, 0.4) is 0 Å². The molecule has 0 N–H and O–H groups in total. The molecule has 0 saturated carbocycles. The number of hydrogen-bond acceptors (Lipinski definition) is 0. The summed E-state index contributed by atoms with van der Waals surface area (Å²) < 4.78 is 0. The Morgan fingerprint density at radius 1 is 1.15 bits per heavy atom. The summed E-state index contributed by atoms with van der Waals surface area (Å²) in [6.07, 6.45) is 5.83. The molecule has 1 aromatic rings. The maximum Gasteiger partial charge on any atom is -0.00491 e. The number of benzene rings is 1. The summed E-state index contributed by atoms with van der Waals surface area (Å²) in [4.78, 5) is 0. The Bertz CT molecular complexity index is 489. The van der Waals surface area contributed by atoms with Crippen molar-refractivity contribution in [1.29, 1.82) is 0 Å². The lowest BCUT2D eigenvalue weighted by atomic mass is 9.94. The zero-order valence-electron chi connectivity index (χ0n) is 14.0. The van der Waals surface area contributed by atoms with E-state index in [9.17, 15) is 0 Å². The van der Waals surface area contributed by atoms with Crippen molar-refractivity contribution in [2.75, 3.05) is 0 Å². The van der Waals surface area contributed by atoms with Gasteiger partial charge in [-0.25, -0.2) is 0 Å². The third kappa shape index (κ3) is 3.23. The first kappa shape index (κ1) is 16.8. The van der Waals surface area contributed by atoms with Gasteiger partial charge < -0.3 is 0 Å². The molecule has 0 unspecified atom stereocenters. The predicted octanol–water partition coefficient (Wildman–Crippen LogP) is 6.66. The van der Waals surface area contributed by atoms with Crippen LogP contribution in [0.5, 0.6) is 0 Å². The van der Waals surface area contributed by atoms with Crippen LogP contribution in [0.2, 0.25) is 0 Å². The molecule has 110 valence electrons. The summed E-state index contributed by atoms with van der Waals surface area (Å²) in [6.45, 7) is 15.0. The van der Waals surface area contributed by atoms with Gasteiger partial charge in [0.2, 0.25) is 0 Å². The second-order valence-corrected chi connectivity index (χ2v) is 5.15. The van der Waals surface area contributed by atoms with Crippen molar-refractivity contribution in [3.63, 3.8) is 0 Å². The number of rotatable bonds is 5. The fourth-order valence-corrected chi connectivity index (χ4v) is 2.99. The smallest absolute Gasteiger partial charge is 0.00491 e. The van der Waals surface area contributed by atoms with Crippen LogP contribution in [0.15, 0.2) is 30.4 Å². The molecule has 2 rings (SSSR count). The summed E-state index contributed by atoms with van der Waals surface area (Å²) in [5, 5.41) is 0. The van der Waals surface area contributed by atoms with Crippen LogP contribution in [-0.4, -0.2) is 0 Å². The van der Waals surface area contributed by atoms with Crippen molar-refractivity contribution in [1.82, 2.24) is 0 Å². The number of allylic oxidation sites excluding steroid dienone is 3. The van der Waals surface area contributed by atoms with E-state index in [0.717, 1.165) is 12.8 Å². The van der Waals surface area contributed by atoms with Crippen molar-refractivity contribution in [3.8, 4) is 0 Å². The standard InChI is InChI=1S/C18H24.C2H6/c1-5-9-16-14(7-3)12-18-15(13(4)6-2)10-8-11-17(16)18;1-2/h8,10-11H,4-7,9,12H2,1-3H3;1-2H3. The quantitative estimate of drug-likeness (QED) is 0.561. The maximum atomic E-state index is 4.22. The first-order valence-electron chi connectivity index (χ1n) is 8.24. The molecule has 1 aliphatic rings. The van der Waals surface area contributed by atoms with Gasteiger partial charge in [-0.15, -0.1) is 0 Å². The summed E-state index contributed by atoms with van der Waals surface area (Å²) in [5.41, 5.74) is 8.96. The van der Waals surface area contributed by atoms with E-state index in [2.05, 4.69) is 45.5 Å². The van der Waals surface area contributed by atoms with E-state index in [-0.39, 0.29) is 0 Å². The highest BCUT2D eigenvalue weighted by Crippen LogP contribution is 2.40. The van der Waals surface area contributed by atoms with E-state index in [4.69, 9.17) is 0 Å². The van der Waals surface area contributed by atoms with Crippen molar-refractivity contribution >= 4 is 11.1 Å². The molecule has 0 heteroatoms. The molecule has 0 bridgehead atoms. The average Bonchev–Trinajstić information content (AvgIpc) is 2.87. The van der Waals surface area contributed by atoms with Gasteiger partial charge >= 0.3 is 0 Å². The van der Waals surface area contributed by atoms with Gasteiger partial charge in [0.05, 0.1) is 0 Å². The Morgan fingerprint density at radius 2 is 1.85 bits per heavy atom. The molecule has 0 amide bonds. The van der Waals surface area contributed by atoms with Crippen LogP contribution in [-0.2, 0) is 6.42 Å². The lowest BCUT2D eigenvalue weighted by molar-refractivity contribution is 0.953. The highest BCUT2D eigenvalue weighted by atomic mass is 14.3. The van der Waals surface area contributed by atoms with Crippen LogP contribution in [0.4, 0.5) is 0 Å². The van der Waals surface area contributed by atoms with Gasteiger partial charge in [0.15, 0.2) is 0 Å². The zero-order valence-corrected chi connectivity index (χ0v) is 14.0. The van der Waals surface area contributed by atoms with Gasteiger partial charge in [0.1, 0.15) is 0 Å². The van der Waals surface area contributed by atoms with Crippen molar-refractivity contribution in [2.45, 2.75) is 66.7 Å². The Morgan fingerprint density at radius 3 is 2.40 bits per heavy atom. The normalized spacial score (nSPS) is 12.8. The Hall–Kier alpha value is -1.30. The van der Waals surface area contributed by atoms with Crippen molar-refractivity contribution < 1.29 is 0 Å². The van der Waals surface area contributed by atoms with Gasteiger partial charge in [-0.1, -0.05) is 71.4 Å². The van der Waals surface area contributed by atoms with Crippen molar-refractivity contribution in [3.05, 3.63) is 47.0 Å². The second-order valence-electron chi connectivity index (χ2n) is 5.15. The monoisotopic (exact) mass is 270 g/mol. The van der Waals surface area contributed by atoms with E-state index in [1.165, 1.54) is 41.5 Å². The van der Waals surface area contributed by atoms with Gasteiger partial charge in [-0.05, 0) is 53.5 Å². The van der Waals surface area contributed by atoms with Gasteiger partial charge in [0.25, 0.3) is 0 Å². The third-order valence-electron chi connectivity index (χ3n) is 4.05. The molecule has 0 saturated heterocycles. The first-order chi connectivity index (χ1) is 9.72. The minimum atomic E-state index is 1.04. The fraction of sp³-hybridized carbons (Fsp3) is 0.500. The SMILES string of the molecule is C=C(CC)c1cccc2c1CC(CC)=C2CCC.CC. The molecule has 0 spiro atoms. The molecule has 20 heavy (non-hydrogen) atoms. The zero-order chi connectivity index (χ0) is 15.1. The third-order valence-corrected chi connectivity index (χ3v) is 4.05. The van der Waals surface area contributed by atoms with Crippen LogP contribution >= 0.6 is 0 Å². The number of fused-ring (bicyclic) bond motifs is 1. The fourth-order valence-electron chi connectivity index (χ4n) is 2.99. The molecular formula is C20H30. The van der Waals surface area contributed by atoms with Gasteiger partial charge in [-0.2, -0.15) is 0 Å². The summed E-state index contributed by atoms with van der Waals surface area (Å²) in [5.74, 6) is 0. The molecule has 0 heterocycles. The van der Waals surface area contributed by atoms with E-state index in [0.29, 0.717) is 0 Å². The molecule has 0 fully saturated rings. The molecule has 1 aliphatic carbocycles. The Labute approximate surface area is 125 Å². The molecule has 0 nitrogen and oxygen atoms in total. The summed E-state index contributed by atoms with van der Waals surface area (Å²) >= 11 is 0. The number of hydrogen-bond donors (Lipinski definition) is 0. The van der Waals surface area contributed by atoms with Crippen molar-refractivity contribution in [2.24, 2.45) is 0 Å². The topological polar surface area (TPSA) is 0 Å². The van der Waals surface area contributed by atoms with Crippen LogP contribution < -0.4 is 0 Å². The molecule has 0 aromatic heterocycles.